The van der Waals surface area contributed by atoms with Crippen LogP contribution in [0.1, 0.15) is 41.2 Å². The van der Waals surface area contributed by atoms with Gasteiger partial charge in [0, 0.05) is 50.2 Å². The highest BCUT2D eigenvalue weighted by molar-refractivity contribution is 6.34. The highest BCUT2D eigenvalue weighted by Gasteiger charge is 2.43. The zero-order valence-corrected chi connectivity index (χ0v) is 19.1. The molecule has 1 spiro atoms. The molecule has 5 rings (SSSR count). The number of para-hydroxylation sites is 1. The van der Waals surface area contributed by atoms with Crippen LogP contribution >= 0.6 is 11.6 Å². The molecule has 0 aliphatic carbocycles. The number of carboxylic acids is 1. The molecule has 4 heterocycles. The Kier molecular flexibility index (Phi) is 6.65. The number of pyridine rings is 1. The molecule has 0 bridgehead atoms. The smallest absolute Gasteiger partial charge is 0.487 e. The van der Waals surface area contributed by atoms with E-state index in [9.17, 15) is 18.0 Å². The van der Waals surface area contributed by atoms with Gasteiger partial charge in [0.15, 0.2) is 0 Å². The summed E-state index contributed by atoms with van der Waals surface area (Å²) in [5.41, 5.74) is 8.36. The van der Waals surface area contributed by atoms with Crippen molar-refractivity contribution in [2.45, 2.75) is 37.1 Å². The van der Waals surface area contributed by atoms with E-state index < -0.39 is 12.1 Å². The maximum Gasteiger partial charge on any atom is 0.490 e. The van der Waals surface area contributed by atoms with Crippen molar-refractivity contribution in [2.75, 3.05) is 13.1 Å². The maximum absolute atomic E-state index is 13.1. The van der Waals surface area contributed by atoms with Crippen molar-refractivity contribution < 1.29 is 32.6 Å². The molecule has 2 aliphatic rings. The Labute approximate surface area is 203 Å². The Hall–Kier alpha value is -3.31. The summed E-state index contributed by atoms with van der Waals surface area (Å²) in [4.78, 5) is 23.9. The van der Waals surface area contributed by atoms with Crippen molar-refractivity contribution >= 4 is 29.0 Å². The molecule has 1 amide bonds. The first-order chi connectivity index (χ1) is 16.5. The zero-order valence-electron chi connectivity index (χ0n) is 18.3. The number of hydrogen-bond donors (Lipinski definition) is 2. The minimum absolute atomic E-state index is 0.0365. The second-order valence-electron chi connectivity index (χ2n) is 8.44. The normalized spacial score (nSPS) is 18.9. The summed E-state index contributed by atoms with van der Waals surface area (Å²) in [5.74, 6) is -1.93. The largest absolute Gasteiger partial charge is 0.490 e. The molecule has 12 heteroatoms. The summed E-state index contributed by atoms with van der Waals surface area (Å²) in [5, 5.41) is 11.9. The number of nitrogens with zero attached hydrogens (tertiary/aromatic N) is 3. The summed E-state index contributed by atoms with van der Waals surface area (Å²) < 4.78 is 39.8. The van der Waals surface area contributed by atoms with Crippen molar-refractivity contribution in [3.63, 3.8) is 0 Å². The molecule has 0 radical (unpaired) electrons. The number of amides is 1. The van der Waals surface area contributed by atoms with Gasteiger partial charge in [0.1, 0.15) is 11.4 Å². The molecule has 0 saturated carbocycles. The Morgan fingerprint density at radius 1 is 1.17 bits per heavy atom. The van der Waals surface area contributed by atoms with E-state index in [4.69, 9.17) is 32.0 Å². The number of carbonyl (C=O) groups is 2. The van der Waals surface area contributed by atoms with Crippen LogP contribution < -0.4 is 10.5 Å². The molecule has 3 aromatic rings. The quantitative estimate of drug-likeness (QED) is 0.510. The molecule has 1 saturated heterocycles. The number of piperidine rings is 1. The van der Waals surface area contributed by atoms with Gasteiger partial charge in [0.05, 0.1) is 22.3 Å². The van der Waals surface area contributed by atoms with Crippen LogP contribution in [-0.2, 0) is 4.79 Å². The summed E-state index contributed by atoms with van der Waals surface area (Å²) in [6, 6.07) is 11.5. The fraction of sp³-hybridized carbons (Fsp3) is 0.348. The Balaban J connectivity index is 0.000000364. The maximum atomic E-state index is 13.1. The molecule has 8 nitrogen and oxygen atoms in total. The van der Waals surface area contributed by atoms with Crippen molar-refractivity contribution in [3.8, 4) is 5.75 Å². The Morgan fingerprint density at radius 3 is 2.49 bits per heavy atom. The summed E-state index contributed by atoms with van der Waals surface area (Å²) in [7, 11) is 0. The van der Waals surface area contributed by atoms with E-state index in [-0.39, 0.29) is 17.6 Å². The molecule has 35 heavy (non-hydrogen) atoms. The molecular formula is C23H22ClF3N4O4. The fourth-order valence-electron chi connectivity index (χ4n) is 4.42. The second-order valence-corrected chi connectivity index (χ2v) is 8.84. The lowest BCUT2D eigenvalue weighted by Crippen LogP contribution is -2.52. The van der Waals surface area contributed by atoms with Crippen molar-refractivity contribution in [1.29, 1.82) is 0 Å². The van der Waals surface area contributed by atoms with Crippen LogP contribution in [0.25, 0.3) is 5.52 Å². The molecule has 186 valence electrons. The SMILES string of the molecule is NC1CC2(CCN(C(=O)c3cnn4cccc(Cl)c34)CC2)Oc2ccccc21.O=C(O)C(F)(F)F. The number of aliphatic carboxylic acids is 1. The second kappa shape index (κ2) is 9.38. The monoisotopic (exact) mass is 510 g/mol. The first kappa shape index (κ1) is 24.8. The fourth-order valence-corrected chi connectivity index (χ4v) is 4.68. The van der Waals surface area contributed by atoms with E-state index in [0.717, 1.165) is 30.6 Å². The summed E-state index contributed by atoms with van der Waals surface area (Å²) in [6.45, 7) is 1.24. The van der Waals surface area contributed by atoms with E-state index in [1.54, 1.807) is 23.0 Å². The lowest BCUT2D eigenvalue weighted by molar-refractivity contribution is -0.192. The number of ether oxygens (including phenoxy) is 1. The number of alkyl halides is 3. The Morgan fingerprint density at radius 2 is 1.83 bits per heavy atom. The highest BCUT2D eigenvalue weighted by Crippen LogP contribution is 2.43. The van der Waals surface area contributed by atoms with E-state index in [1.807, 2.05) is 35.2 Å². The molecule has 1 aromatic carbocycles. The number of carboxylic acid groups (broad SMARTS) is 1. The van der Waals surface area contributed by atoms with Crippen LogP contribution in [0.4, 0.5) is 13.2 Å². The average molecular weight is 511 g/mol. The molecule has 1 atom stereocenters. The van der Waals surface area contributed by atoms with E-state index in [0.29, 0.717) is 29.2 Å². The highest BCUT2D eigenvalue weighted by atomic mass is 35.5. The third-order valence-corrected chi connectivity index (χ3v) is 6.47. The summed E-state index contributed by atoms with van der Waals surface area (Å²) >= 11 is 6.30. The van der Waals surface area contributed by atoms with Gasteiger partial charge in [-0.05, 0) is 18.2 Å². The van der Waals surface area contributed by atoms with Crippen LogP contribution in [0.3, 0.4) is 0 Å². The zero-order chi connectivity index (χ0) is 25.4. The topological polar surface area (TPSA) is 110 Å². The number of hydrogen-bond acceptors (Lipinski definition) is 5. The van der Waals surface area contributed by atoms with Crippen LogP contribution in [0.2, 0.25) is 5.02 Å². The van der Waals surface area contributed by atoms with E-state index in [2.05, 4.69) is 5.10 Å². The number of likely N-dealkylation sites (tertiary alicyclic amines) is 1. The van der Waals surface area contributed by atoms with Gasteiger partial charge in [-0.2, -0.15) is 18.3 Å². The number of rotatable bonds is 1. The minimum atomic E-state index is -5.08. The predicted octanol–water partition coefficient (Wildman–Crippen LogP) is 4.08. The van der Waals surface area contributed by atoms with Gasteiger partial charge in [0.25, 0.3) is 5.91 Å². The van der Waals surface area contributed by atoms with Gasteiger partial charge in [-0.3, -0.25) is 4.79 Å². The molecule has 2 aromatic heterocycles. The van der Waals surface area contributed by atoms with Crippen LogP contribution in [-0.4, -0.2) is 56.4 Å². The van der Waals surface area contributed by atoms with E-state index in [1.165, 1.54) is 0 Å². The number of nitrogens with two attached hydrogens (primary N) is 1. The number of benzene rings is 1. The standard InChI is InChI=1S/C21H21ClN4O2.C2HF3O2/c22-16-5-3-9-26-19(16)15(13-24-26)20(27)25-10-7-21(8-11-25)12-17(23)14-4-1-2-6-18(14)28-21;3-2(4,5)1(6)7/h1-6,9,13,17H,7-8,10-12,23H2;(H,6,7). The van der Waals surface area contributed by atoms with Gasteiger partial charge in [0.2, 0.25) is 0 Å². The van der Waals surface area contributed by atoms with Crippen LogP contribution in [0.5, 0.6) is 5.75 Å². The minimum Gasteiger partial charge on any atom is -0.487 e. The first-order valence-corrected chi connectivity index (χ1v) is 11.1. The molecule has 1 fully saturated rings. The van der Waals surface area contributed by atoms with Crippen molar-refractivity contribution in [3.05, 3.63) is 64.9 Å². The van der Waals surface area contributed by atoms with Gasteiger partial charge in [-0.1, -0.05) is 29.8 Å². The van der Waals surface area contributed by atoms with Gasteiger partial charge < -0.3 is 20.5 Å². The predicted molar refractivity (Wildman–Crippen MR) is 120 cm³/mol. The van der Waals surface area contributed by atoms with Crippen LogP contribution in [0.15, 0.2) is 48.8 Å². The number of carbonyl (C=O) groups excluding carboxylic acids is 1. The molecule has 2 aliphatic heterocycles. The van der Waals surface area contributed by atoms with E-state index >= 15 is 0 Å². The van der Waals surface area contributed by atoms with Gasteiger partial charge >= 0.3 is 12.1 Å². The Bertz CT molecular complexity index is 1260. The third kappa shape index (κ3) is 5.06. The average Bonchev–Trinajstić information content (AvgIpc) is 3.24. The van der Waals surface area contributed by atoms with Crippen molar-refractivity contribution in [2.24, 2.45) is 5.73 Å². The van der Waals surface area contributed by atoms with Gasteiger partial charge in [-0.25, -0.2) is 9.31 Å². The molecule has 3 N–H and O–H groups in total. The van der Waals surface area contributed by atoms with Gasteiger partial charge in [-0.15, -0.1) is 0 Å². The lowest BCUT2D eigenvalue weighted by atomic mass is 9.81. The number of fused-ring (bicyclic) bond motifs is 2. The number of halogens is 4. The molecule has 1 unspecified atom stereocenters. The molecular weight excluding hydrogens is 489 g/mol. The third-order valence-electron chi connectivity index (χ3n) is 6.16. The van der Waals surface area contributed by atoms with Crippen LogP contribution in [0, 0.1) is 0 Å². The number of aromatic nitrogens is 2. The lowest BCUT2D eigenvalue weighted by Gasteiger charge is -2.46. The first-order valence-electron chi connectivity index (χ1n) is 10.8. The van der Waals surface area contributed by atoms with Crippen molar-refractivity contribution in [1.82, 2.24) is 14.5 Å². The summed E-state index contributed by atoms with van der Waals surface area (Å²) in [6.07, 6.45) is 0.588.